The number of nitrogens with zero attached hydrogens (tertiary/aromatic N) is 1. The Bertz CT molecular complexity index is 465. The molecule has 0 aromatic carbocycles. The van der Waals surface area contributed by atoms with Crippen molar-refractivity contribution < 1.29 is 22.4 Å². The lowest BCUT2D eigenvalue weighted by Gasteiger charge is -2.32. The molecule has 2 heterocycles. The SMILES string of the molecule is NNC(=O)c1coc(CN2CCC(C(F)(F)F)CC2)c1. The number of carbonyl (C=O) groups excluding carboxylic acids is 1. The van der Waals surface area contributed by atoms with Crippen molar-refractivity contribution in [2.45, 2.75) is 25.6 Å². The fourth-order valence-corrected chi connectivity index (χ4v) is 2.30. The maximum absolute atomic E-state index is 12.5. The molecule has 1 saturated heterocycles. The van der Waals surface area contributed by atoms with Crippen LogP contribution in [0, 0.1) is 5.92 Å². The molecule has 1 aliphatic rings. The fraction of sp³-hybridized carbons (Fsp3) is 0.583. The molecule has 3 N–H and O–H groups in total. The molecule has 1 amide bonds. The minimum atomic E-state index is -4.11. The molecule has 0 bridgehead atoms. The van der Waals surface area contributed by atoms with Gasteiger partial charge in [-0.15, -0.1) is 0 Å². The summed E-state index contributed by atoms with van der Waals surface area (Å²) in [7, 11) is 0. The Morgan fingerprint density at radius 1 is 1.45 bits per heavy atom. The molecular formula is C12H16F3N3O2. The van der Waals surface area contributed by atoms with E-state index in [0.717, 1.165) is 0 Å². The summed E-state index contributed by atoms with van der Waals surface area (Å²) in [5.41, 5.74) is 2.28. The molecule has 5 nitrogen and oxygen atoms in total. The molecule has 1 aromatic heterocycles. The summed E-state index contributed by atoms with van der Waals surface area (Å²) in [5.74, 6) is 3.86. The quantitative estimate of drug-likeness (QED) is 0.505. The number of nitrogen functional groups attached to an aromatic ring is 1. The Labute approximate surface area is 113 Å². The van der Waals surface area contributed by atoms with Crippen molar-refractivity contribution >= 4 is 5.91 Å². The topological polar surface area (TPSA) is 71.5 Å². The monoisotopic (exact) mass is 291 g/mol. The average molecular weight is 291 g/mol. The van der Waals surface area contributed by atoms with E-state index in [4.69, 9.17) is 10.3 Å². The fourth-order valence-electron chi connectivity index (χ4n) is 2.30. The van der Waals surface area contributed by atoms with Crippen LogP contribution in [0.5, 0.6) is 0 Å². The Hall–Kier alpha value is -1.54. The number of piperidine rings is 1. The molecule has 0 saturated carbocycles. The zero-order valence-electron chi connectivity index (χ0n) is 10.7. The number of carbonyl (C=O) groups is 1. The smallest absolute Gasteiger partial charge is 0.391 e. The van der Waals surface area contributed by atoms with Gasteiger partial charge in [0.1, 0.15) is 12.0 Å². The minimum Gasteiger partial charge on any atom is -0.467 e. The summed E-state index contributed by atoms with van der Waals surface area (Å²) in [6, 6.07) is 1.54. The standard InChI is InChI=1S/C12H16F3N3O2/c13-12(14,15)9-1-3-18(4-2-9)6-10-5-8(7-20-10)11(19)17-16/h5,7,9H,1-4,6,16H2,(H,17,19). The second-order valence-corrected chi connectivity index (χ2v) is 4.87. The maximum Gasteiger partial charge on any atom is 0.391 e. The van der Waals surface area contributed by atoms with Gasteiger partial charge in [0.25, 0.3) is 5.91 Å². The number of amides is 1. The van der Waals surface area contributed by atoms with Crippen LogP contribution in [0.4, 0.5) is 13.2 Å². The highest BCUT2D eigenvalue weighted by atomic mass is 19.4. The first-order valence-electron chi connectivity index (χ1n) is 6.27. The summed E-state index contributed by atoms with van der Waals surface area (Å²) in [4.78, 5) is 13.1. The van der Waals surface area contributed by atoms with Gasteiger partial charge in [0.2, 0.25) is 0 Å². The summed E-state index contributed by atoms with van der Waals surface area (Å²) in [6.07, 6.45) is -2.64. The lowest BCUT2D eigenvalue weighted by atomic mass is 9.96. The maximum atomic E-state index is 12.5. The van der Waals surface area contributed by atoms with Crippen molar-refractivity contribution in [2.24, 2.45) is 11.8 Å². The van der Waals surface area contributed by atoms with Crippen LogP contribution in [0.15, 0.2) is 16.7 Å². The van der Waals surface area contributed by atoms with Gasteiger partial charge in [0.05, 0.1) is 18.0 Å². The van der Waals surface area contributed by atoms with E-state index < -0.39 is 18.0 Å². The number of halogens is 3. The zero-order valence-corrected chi connectivity index (χ0v) is 10.7. The predicted octanol–water partition coefficient (Wildman–Crippen LogP) is 1.66. The number of alkyl halides is 3. The zero-order chi connectivity index (χ0) is 14.8. The van der Waals surface area contributed by atoms with Crippen molar-refractivity contribution in [1.29, 1.82) is 0 Å². The normalized spacial score (nSPS) is 18.2. The van der Waals surface area contributed by atoms with Gasteiger partial charge in [-0.2, -0.15) is 13.2 Å². The van der Waals surface area contributed by atoms with Gasteiger partial charge in [-0.3, -0.25) is 15.1 Å². The van der Waals surface area contributed by atoms with Crippen LogP contribution in [0.2, 0.25) is 0 Å². The Kier molecular flexibility index (Phi) is 4.34. The summed E-state index contributed by atoms with van der Waals surface area (Å²) in [5, 5.41) is 0. The average Bonchev–Trinajstić information content (AvgIpc) is 2.86. The number of rotatable bonds is 3. The number of furan rings is 1. The van der Waals surface area contributed by atoms with Crippen molar-refractivity contribution in [3.8, 4) is 0 Å². The Morgan fingerprint density at radius 2 is 2.10 bits per heavy atom. The molecule has 8 heteroatoms. The molecule has 20 heavy (non-hydrogen) atoms. The second-order valence-electron chi connectivity index (χ2n) is 4.87. The molecule has 112 valence electrons. The van der Waals surface area contributed by atoms with Crippen LogP contribution in [-0.4, -0.2) is 30.1 Å². The lowest BCUT2D eigenvalue weighted by Crippen LogP contribution is -2.38. The number of likely N-dealkylation sites (tertiary alicyclic amines) is 1. The lowest BCUT2D eigenvalue weighted by molar-refractivity contribution is -0.185. The first-order chi connectivity index (χ1) is 9.40. The largest absolute Gasteiger partial charge is 0.467 e. The van der Waals surface area contributed by atoms with Gasteiger partial charge in [0, 0.05) is 0 Å². The highest BCUT2D eigenvalue weighted by molar-refractivity contribution is 5.93. The molecule has 1 aromatic rings. The van der Waals surface area contributed by atoms with Gasteiger partial charge < -0.3 is 4.42 Å². The summed E-state index contributed by atoms with van der Waals surface area (Å²) < 4.78 is 42.8. The van der Waals surface area contributed by atoms with Crippen LogP contribution >= 0.6 is 0 Å². The van der Waals surface area contributed by atoms with E-state index in [1.165, 1.54) is 12.3 Å². The molecule has 2 rings (SSSR count). The third-order valence-electron chi connectivity index (χ3n) is 3.48. The van der Waals surface area contributed by atoms with Gasteiger partial charge >= 0.3 is 6.18 Å². The minimum absolute atomic E-state index is 0.0976. The van der Waals surface area contributed by atoms with Crippen LogP contribution in [0.1, 0.15) is 29.0 Å². The van der Waals surface area contributed by atoms with Crippen LogP contribution in [-0.2, 0) is 6.54 Å². The Morgan fingerprint density at radius 3 is 2.65 bits per heavy atom. The molecule has 1 fully saturated rings. The van der Waals surface area contributed by atoms with Crippen molar-refractivity contribution in [3.63, 3.8) is 0 Å². The van der Waals surface area contributed by atoms with Gasteiger partial charge in [0.15, 0.2) is 0 Å². The molecule has 1 aliphatic heterocycles. The second kappa shape index (κ2) is 5.84. The molecule has 0 atom stereocenters. The molecule has 0 unspecified atom stereocenters. The number of hydrogen-bond donors (Lipinski definition) is 2. The third-order valence-corrected chi connectivity index (χ3v) is 3.48. The van der Waals surface area contributed by atoms with Crippen molar-refractivity contribution in [1.82, 2.24) is 10.3 Å². The van der Waals surface area contributed by atoms with Gasteiger partial charge in [-0.1, -0.05) is 0 Å². The predicted molar refractivity (Wildman–Crippen MR) is 64.4 cm³/mol. The van der Waals surface area contributed by atoms with Crippen molar-refractivity contribution in [3.05, 3.63) is 23.7 Å². The number of nitrogens with two attached hydrogens (primary N) is 1. The van der Waals surface area contributed by atoms with E-state index >= 15 is 0 Å². The first-order valence-corrected chi connectivity index (χ1v) is 6.27. The van der Waals surface area contributed by atoms with Gasteiger partial charge in [-0.05, 0) is 32.0 Å². The van der Waals surface area contributed by atoms with E-state index in [9.17, 15) is 18.0 Å². The van der Waals surface area contributed by atoms with E-state index in [0.29, 0.717) is 31.0 Å². The molecular weight excluding hydrogens is 275 g/mol. The third kappa shape index (κ3) is 3.51. The molecule has 0 spiro atoms. The molecule has 0 radical (unpaired) electrons. The van der Waals surface area contributed by atoms with Crippen LogP contribution < -0.4 is 11.3 Å². The van der Waals surface area contributed by atoms with E-state index in [1.807, 2.05) is 10.3 Å². The summed E-state index contributed by atoms with van der Waals surface area (Å²) >= 11 is 0. The van der Waals surface area contributed by atoms with E-state index in [-0.39, 0.29) is 12.8 Å². The number of nitrogens with one attached hydrogen (secondary N) is 1. The Balaban J connectivity index is 1.87. The van der Waals surface area contributed by atoms with E-state index in [1.54, 1.807) is 0 Å². The van der Waals surface area contributed by atoms with Crippen LogP contribution in [0.25, 0.3) is 0 Å². The highest BCUT2D eigenvalue weighted by Gasteiger charge is 2.41. The first kappa shape index (κ1) is 14.9. The molecule has 0 aliphatic carbocycles. The van der Waals surface area contributed by atoms with Gasteiger partial charge in [-0.25, -0.2) is 5.84 Å². The van der Waals surface area contributed by atoms with E-state index in [2.05, 4.69) is 0 Å². The summed E-state index contributed by atoms with van der Waals surface area (Å²) in [6.45, 7) is 1.12. The highest BCUT2D eigenvalue weighted by Crippen LogP contribution is 2.34. The van der Waals surface area contributed by atoms with Crippen LogP contribution in [0.3, 0.4) is 0 Å². The number of hydrazine groups is 1. The number of hydrogen-bond acceptors (Lipinski definition) is 4. The van der Waals surface area contributed by atoms with Crippen molar-refractivity contribution in [2.75, 3.05) is 13.1 Å².